The van der Waals surface area contributed by atoms with E-state index in [-0.39, 0.29) is 16.4 Å². The Morgan fingerprint density at radius 2 is 1.59 bits per heavy atom. The van der Waals surface area contributed by atoms with Crippen LogP contribution in [0, 0.1) is 0 Å². The Bertz CT molecular complexity index is 746. The molecule has 1 N–H and O–H groups in total. The van der Waals surface area contributed by atoms with Gasteiger partial charge in [-0.2, -0.15) is 0 Å². The zero-order valence-corrected chi connectivity index (χ0v) is 16.2. The van der Waals surface area contributed by atoms with E-state index >= 15 is 0 Å². The van der Waals surface area contributed by atoms with Crippen LogP contribution in [-0.2, 0) is 17.6 Å². The number of carbonyl (C=O) groups excluding carboxylic acids is 2. The molecule has 1 fully saturated rings. The monoisotopic (exact) mass is 383 g/mol. The van der Waals surface area contributed by atoms with Crippen molar-refractivity contribution in [3.05, 3.63) is 65.7 Å². The predicted molar refractivity (Wildman–Crippen MR) is 109 cm³/mol. The SMILES string of the molecule is O=C1NC(=O)C(CCCCCc2ccc(OCCc3ccccc3)cc2)S1. The Balaban J connectivity index is 1.30. The summed E-state index contributed by atoms with van der Waals surface area (Å²) in [5.74, 6) is 0.775. The number of hydrogen-bond donors (Lipinski definition) is 1. The summed E-state index contributed by atoms with van der Waals surface area (Å²) >= 11 is 1.12. The number of unbranched alkanes of at least 4 members (excludes halogenated alkanes) is 2. The second-order valence-corrected chi connectivity index (χ2v) is 7.89. The molecule has 2 amide bonds. The molecule has 0 spiro atoms. The molecule has 3 rings (SSSR count). The van der Waals surface area contributed by atoms with E-state index in [1.54, 1.807) is 0 Å². The van der Waals surface area contributed by atoms with Crippen LogP contribution in [0.2, 0.25) is 0 Å². The van der Waals surface area contributed by atoms with Crippen molar-refractivity contribution in [1.29, 1.82) is 0 Å². The molecule has 0 aliphatic carbocycles. The fraction of sp³-hybridized carbons (Fsp3) is 0.364. The lowest BCUT2D eigenvalue weighted by atomic mass is 10.1. The Morgan fingerprint density at radius 3 is 2.30 bits per heavy atom. The van der Waals surface area contributed by atoms with Gasteiger partial charge in [0.05, 0.1) is 11.9 Å². The molecule has 5 heteroatoms. The first kappa shape index (κ1) is 19.5. The van der Waals surface area contributed by atoms with Crippen molar-refractivity contribution in [3.63, 3.8) is 0 Å². The summed E-state index contributed by atoms with van der Waals surface area (Å²) in [6.07, 6.45) is 5.82. The van der Waals surface area contributed by atoms with E-state index in [4.69, 9.17) is 4.74 Å². The third-order valence-corrected chi connectivity index (χ3v) is 5.67. The van der Waals surface area contributed by atoms with Gasteiger partial charge in [-0.3, -0.25) is 14.9 Å². The predicted octanol–water partition coefficient (Wildman–Crippen LogP) is 4.76. The highest BCUT2D eigenvalue weighted by Crippen LogP contribution is 2.24. The Hall–Kier alpha value is -2.27. The molecule has 1 heterocycles. The fourth-order valence-corrected chi connectivity index (χ4v) is 3.97. The van der Waals surface area contributed by atoms with Crippen LogP contribution in [0.4, 0.5) is 4.79 Å². The van der Waals surface area contributed by atoms with Crippen LogP contribution in [0.1, 0.15) is 36.8 Å². The van der Waals surface area contributed by atoms with Gasteiger partial charge in [-0.05, 0) is 42.5 Å². The molecule has 4 nitrogen and oxygen atoms in total. The normalized spacial score (nSPS) is 16.4. The molecule has 1 atom stereocenters. The number of amides is 2. The smallest absolute Gasteiger partial charge is 0.286 e. The van der Waals surface area contributed by atoms with Gasteiger partial charge in [-0.25, -0.2) is 0 Å². The van der Waals surface area contributed by atoms with Crippen LogP contribution in [0.5, 0.6) is 5.75 Å². The first-order valence-electron chi connectivity index (χ1n) is 9.48. The van der Waals surface area contributed by atoms with E-state index in [0.29, 0.717) is 6.61 Å². The number of carbonyl (C=O) groups is 2. The molecule has 0 aromatic heterocycles. The molecule has 2 aromatic carbocycles. The molecular weight excluding hydrogens is 358 g/mol. The summed E-state index contributed by atoms with van der Waals surface area (Å²) in [6, 6.07) is 18.7. The number of imide groups is 1. The van der Waals surface area contributed by atoms with Gasteiger partial charge in [-0.15, -0.1) is 0 Å². The summed E-state index contributed by atoms with van der Waals surface area (Å²) in [5.41, 5.74) is 2.58. The van der Waals surface area contributed by atoms with Crippen LogP contribution in [-0.4, -0.2) is 23.0 Å². The minimum Gasteiger partial charge on any atom is -0.493 e. The maximum atomic E-state index is 11.5. The van der Waals surface area contributed by atoms with E-state index in [9.17, 15) is 9.59 Å². The van der Waals surface area contributed by atoms with Gasteiger partial charge in [0, 0.05) is 6.42 Å². The van der Waals surface area contributed by atoms with E-state index in [1.807, 2.05) is 30.3 Å². The third kappa shape index (κ3) is 6.43. The highest BCUT2D eigenvalue weighted by Gasteiger charge is 2.30. The topological polar surface area (TPSA) is 55.4 Å². The van der Waals surface area contributed by atoms with Gasteiger partial charge in [0.25, 0.3) is 5.24 Å². The van der Waals surface area contributed by atoms with E-state index in [0.717, 1.165) is 56.0 Å². The van der Waals surface area contributed by atoms with E-state index < -0.39 is 0 Å². The largest absolute Gasteiger partial charge is 0.493 e. The van der Waals surface area contributed by atoms with Crippen LogP contribution < -0.4 is 10.1 Å². The molecule has 1 unspecified atom stereocenters. The molecular formula is C22H25NO3S. The number of nitrogens with one attached hydrogen (secondary N) is 1. The van der Waals surface area contributed by atoms with Crippen molar-refractivity contribution in [1.82, 2.24) is 5.32 Å². The van der Waals surface area contributed by atoms with Gasteiger partial charge in [0.1, 0.15) is 5.75 Å². The Labute approximate surface area is 164 Å². The first-order valence-corrected chi connectivity index (χ1v) is 10.4. The molecule has 0 radical (unpaired) electrons. The van der Waals surface area contributed by atoms with Crippen LogP contribution >= 0.6 is 11.8 Å². The number of aryl methyl sites for hydroxylation is 1. The van der Waals surface area contributed by atoms with Gasteiger partial charge < -0.3 is 4.74 Å². The molecule has 1 aliphatic heterocycles. The van der Waals surface area contributed by atoms with Crippen molar-refractivity contribution in [3.8, 4) is 5.75 Å². The third-order valence-electron chi connectivity index (χ3n) is 4.62. The fourth-order valence-electron chi connectivity index (χ4n) is 3.10. The Kier molecular flexibility index (Phi) is 7.34. The minimum absolute atomic E-state index is 0.132. The second kappa shape index (κ2) is 10.2. The first-order chi connectivity index (χ1) is 13.2. The summed E-state index contributed by atoms with van der Waals surface area (Å²) in [7, 11) is 0. The molecule has 1 aliphatic rings. The molecule has 27 heavy (non-hydrogen) atoms. The van der Waals surface area contributed by atoms with Crippen molar-refractivity contribution in [2.45, 2.75) is 43.8 Å². The second-order valence-electron chi connectivity index (χ2n) is 6.71. The summed E-state index contributed by atoms with van der Waals surface area (Å²) < 4.78 is 5.82. The van der Waals surface area contributed by atoms with Gasteiger partial charge in [0.15, 0.2) is 0 Å². The molecule has 1 saturated heterocycles. The Morgan fingerprint density at radius 1 is 0.852 bits per heavy atom. The zero-order valence-electron chi connectivity index (χ0n) is 15.4. The van der Waals surface area contributed by atoms with E-state index in [2.05, 4.69) is 29.6 Å². The molecule has 0 saturated carbocycles. The lowest BCUT2D eigenvalue weighted by Crippen LogP contribution is -2.24. The molecule has 142 valence electrons. The standard InChI is InChI=1S/C22H25NO3S/c24-21-20(27-22(25)23-21)10-6-2-5-9-18-11-13-19(14-12-18)26-16-15-17-7-3-1-4-8-17/h1,3-4,7-8,11-14,20H,2,5-6,9-10,15-16H2,(H,23,24,25). The number of benzene rings is 2. The number of rotatable bonds is 10. The number of thioether (sulfide) groups is 1. The van der Waals surface area contributed by atoms with Crippen molar-refractivity contribution >= 4 is 22.9 Å². The van der Waals surface area contributed by atoms with E-state index in [1.165, 1.54) is 11.1 Å². The van der Waals surface area contributed by atoms with Gasteiger partial charge in [0.2, 0.25) is 5.91 Å². The maximum Gasteiger partial charge on any atom is 0.286 e. The lowest BCUT2D eigenvalue weighted by Gasteiger charge is -2.08. The van der Waals surface area contributed by atoms with Crippen LogP contribution in [0.25, 0.3) is 0 Å². The van der Waals surface area contributed by atoms with Gasteiger partial charge in [-0.1, -0.05) is 67.1 Å². The summed E-state index contributed by atoms with van der Waals surface area (Å²) in [6.45, 7) is 0.679. The highest BCUT2D eigenvalue weighted by molar-refractivity contribution is 8.15. The highest BCUT2D eigenvalue weighted by atomic mass is 32.2. The quantitative estimate of drug-likeness (QED) is 0.601. The lowest BCUT2D eigenvalue weighted by molar-refractivity contribution is -0.119. The van der Waals surface area contributed by atoms with Gasteiger partial charge >= 0.3 is 0 Å². The number of ether oxygens (including phenoxy) is 1. The average Bonchev–Trinajstić information content (AvgIpc) is 3.01. The van der Waals surface area contributed by atoms with Crippen molar-refractivity contribution < 1.29 is 14.3 Å². The number of hydrogen-bond acceptors (Lipinski definition) is 4. The minimum atomic E-state index is -0.212. The maximum absolute atomic E-state index is 11.5. The molecule has 0 bridgehead atoms. The van der Waals surface area contributed by atoms with Crippen molar-refractivity contribution in [2.24, 2.45) is 0 Å². The van der Waals surface area contributed by atoms with Crippen LogP contribution in [0.3, 0.4) is 0 Å². The summed E-state index contributed by atoms with van der Waals surface area (Å²) in [5, 5.41) is 1.93. The summed E-state index contributed by atoms with van der Waals surface area (Å²) in [4.78, 5) is 22.6. The molecule has 2 aromatic rings. The zero-order chi connectivity index (χ0) is 18.9. The van der Waals surface area contributed by atoms with Crippen molar-refractivity contribution in [2.75, 3.05) is 6.61 Å². The van der Waals surface area contributed by atoms with Crippen LogP contribution in [0.15, 0.2) is 54.6 Å². The average molecular weight is 384 g/mol.